The molecule has 4 aliphatic rings. The van der Waals surface area contributed by atoms with Gasteiger partial charge >= 0.3 is 7.12 Å². The Labute approximate surface area is 241 Å². The van der Waals surface area contributed by atoms with Gasteiger partial charge in [0.15, 0.2) is 10.8 Å². The summed E-state index contributed by atoms with van der Waals surface area (Å²) >= 11 is 0. The number of carbonyl (C=O) groups is 2. The van der Waals surface area contributed by atoms with E-state index < -0.39 is 29.6 Å². The minimum Gasteiger partial charge on any atom is -0.404 e. The first-order chi connectivity index (χ1) is 19.3. The molecular formula is C27H42BN7O6. The second-order valence-electron chi connectivity index (χ2n) is 12.8. The fraction of sp³-hybridized carbons (Fsp3) is 0.741. The number of Topliss-reactive ketones (excluding diaryl/α,β-unsaturated/α-hetero) is 1. The first-order valence-electron chi connectivity index (χ1n) is 14.4. The van der Waals surface area contributed by atoms with Crippen LogP contribution in [0.25, 0.3) is 0 Å². The third kappa shape index (κ3) is 6.86. The summed E-state index contributed by atoms with van der Waals surface area (Å²) in [5.41, 5.74) is 7.27. The number of rotatable bonds is 13. The maximum Gasteiger partial charge on any atom is 0.481 e. The molecule has 1 aromatic heterocycles. The van der Waals surface area contributed by atoms with E-state index in [0.29, 0.717) is 31.1 Å². The quantitative estimate of drug-likeness (QED) is 0.0604. The molecule has 41 heavy (non-hydrogen) atoms. The highest BCUT2D eigenvalue weighted by Gasteiger charge is 2.68. The normalized spacial score (nSPS) is 27.9. The molecule has 1 aromatic rings. The first kappa shape index (κ1) is 30.8. The Bertz CT molecular complexity index is 1150. The molecule has 1 amide bonds. The van der Waals surface area contributed by atoms with Crippen LogP contribution >= 0.6 is 0 Å². The Hall–Kier alpha value is -3.13. The molecule has 3 aliphatic carbocycles. The van der Waals surface area contributed by atoms with Crippen molar-refractivity contribution < 1.29 is 23.9 Å². The van der Waals surface area contributed by atoms with Gasteiger partial charge in [-0.15, -0.1) is 0 Å². The third-order valence-corrected chi connectivity index (χ3v) is 9.20. The number of nitrogens with one attached hydrogen (secondary N) is 2. The van der Waals surface area contributed by atoms with Crippen LogP contribution in [0.4, 0.5) is 0 Å². The van der Waals surface area contributed by atoms with E-state index in [2.05, 4.69) is 54.9 Å². The van der Waals surface area contributed by atoms with Crippen molar-refractivity contribution in [3.8, 4) is 0 Å². The average molecular weight is 571 g/mol. The Balaban J connectivity index is 1.46. The molecular weight excluding hydrogens is 529 g/mol. The van der Waals surface area contributed by atoms with Crippen molar-refractivity contribution in [2.45, 2.75) is 90.8 Å². The number of hydrogen-bond acceptors (Lipinski definition) is 9. The number of hydrogen-bond donors (Lipinski definition) is 3. The number of amides is 1. The second kappa shape index (κ2) is 12.4. The van der Waals surface area contributed by atoms with Crippen LogP contribution in [0, 0.1) is 39.2 Å². The lowest BCUT2D eigenvalue weighted by atomic mass is 9.43. The van der Waals surface area contributed by atoms with Crippen LogP contribution in [0.1, 0.15) is 83.6 Å². The number of nitro groups is 1. The molecule has 3 saturated carbocycles. The van der Waals surface area contributed by atoms with Crippen molar-refractivity contribution in [3.05, 3.63) is 34.4 Å². The monoisotopic (exact) mass is 571 g/mol. The molecule has 14 heteroatoms. The van der Waals surface area contributed by atoms with Crippen LogP contribution in [0.3, 0.4) is 0 Å². The summed E-state index contributed by atoms with van der Waals surface area (Å²) < 4.78 is 13.2. The zero-order valence-electron chi connectivity index (χ0n) is 24.5. The van der Waals surface area contributed by atoms with E-state index in [1.54, 1.807) is 5.43 Å². The molecule has 0 unspecified atom stereocenters. The summed E-state index contributed by atoms with van der Waals surface area (Å²) in [5, 5.41) is 12.9. The largest absolute Gasteiger partial charge is 0.481 e. The molecule has 4 fully saturated rings. The van der Waals surface area contributed by atoms with Crippen LogP contribution in [-0.4, -0.2) is 64.0 Å². The molecule has 6 atom stereocenters. The van der Waals surface area contributed by atoms with Gasteiger partial charge in [0.05, 0.1) is 23.8 Å². The second-order valence-corrected chi connectivity index (χ2v) is 12.8. The van der Waals surface area contributed by atoms with Gasteiger partial charge in [-0.05, 0) is 62.2 Å². The van der Waals surface area contributed by atoms with E-state index in [9.17, 15) is 19.7 Å². The zero-order chi connectivity index (χ0) is 29.9. The number of ketones is 1. The topological polar surface area (TPSA) is 184 Å². The van der Waals surface area contributed by atoms with Gasteiger partial charge in [-0.1, -0.05) is 33.1 Å². The maximum atomic E-state index is 13.7. The lowest BCUT2D eigenvalue weighted by Crippen LogP contribution is -2.65. The van der Waals surface area contributed by atoms with E-state index >= 15 is 0 Å². The maximum absolute atomic E-state index is 13.7. The zero-order valence-corrected chi connectivity index (χ0v) is 24.5. The number of carbonyl (C=O) groups excluding carboxylic acids is 2. The number of aliphatic imine (C=N–C) groups is 1. The van der Waals surface area contributed by atoms with Crippen LogP contribution in [-0.2, 0) is 14.1 Å². The highest BCUT2D eigenvalue weighted by Crippen LogP contribution is 2.65. The minimum absolute atomic E-state index is 0.0130. The van der Waals surface area contributed by atoms with Gasteiger partial charge in [0, 0.05) is 31.3 Å². The van der Waals surface area contributed by atoms with E-state index in [1.807, 2.05) is 0 Å². The Morgan fingerprint density at radius 2 is 2.05 bits per heavy atom. The Kier molecular flexibility index (Phi) is 9.32. The van der Waals surface area contributed by atoms with Gasteiger partial charge in [-0.25, -0.2) is 20.1 Å². The third-order valence-electron chi connectivity index (χ3n) is 9.20. The molecule has 0 spiro atoms. The van der Waals surface area contributed by atoms with Gasteiger partial charge in [-0.2, -0.15) is 0 Å². The highest BCUT2D eigenvalue weighted by atomic mass is 16.7. The van der Waals surface area contributed by atoms with Crippen molar-refractivity contribution >= 4 is 24.8 Å². The smallest absolute Gasteiger partial charge is 0.404 e. The van der Waals surface area contributed by atoms with Crippen molar-refractivity contribution in [1.82, 2.24) is 20.7 Å². The predicted octanol–water partition coefficient (Wildman–Crippen LogP) is 2.34. The number of hydrazine groups is 1. The summed E-state index contributed by atoms with van der Waals surface area (Å²) in [4.78, 5) is 49.2. The van der Waals surface area contributed by atoms with Crippen LogP contribution in [0.2, 0.25) is 0 Å². The van der Waals surface area contributed by atoms with Crippen molar-refractivity contribution in [1.29, 1.82) is 0 Å². The molecule has 2 bridgehead atoms. The number of guanidine groups is 1. The van der Waals surface area contributed by atoms with Gasteiger partial charge in [-0.3, -0.25) is 14.6 Å². The Morgan fingerprint density at radius 3 is 2.68 bits per heavy atom. The summed E-state index contributed by atoms with van der Waals surface area (Å²) in [7, 11) is -0.583. The summed E-state index contributed by atoms with van der Waals surface area (Å²) in [6, 6.07) is 0. The number of nitrogens with two attached hydrogens (primary N) is 1. The number of nitrogens with zero attached hydrogens (tertiary/aromatic N) is 4. The van der Waals surface area contributed by atoms with Crippen LogP contribution < -0.4 is 16.5 Å². The average Bonchev–Trinajstić information content (AvgIpc) is 3.26. The van der Waals surface area contributed by atoms with Gasteiger partial charge in [0.25, 0.3) is 5.96 Å². The van der Waals surface area contributed by atoms with Gasteiger partial charge in [0.2, 0.25) is 5.91 Å². The summed E-state index contributed by atoms with van der Waals surface area (Å²) in [6.45, 7) is 11.1. The molecule has 1 aliphatic heterocycles. The van der Waals surface area contributed by atoms with Crippen molar-refractivity contribution in [2.24, 2.45) is 39.8 Å². The lowest BCUT2D eigenvalue weighted by molar-refractivity contribution is -0.525. The number of aromatic nitrogens is 2. The van der Waals surface area contributed by atoms with Crippen molar-refractivity contribution in [3.63, 3.8) is 0 Å². The van der Waals surface area contributed by atoms with Crippen LogP contribution in [0.5, 0.6) is 0 Å². The van der Waals surface area contributed by atoms with E-state index in [-0.39, 0.29) is 53.7 Å². The lowest BCUT2D eigenvalue weighted by Gasteiger charge is -2.64. The predicted molar refractivity (Wildman–Crippen MR) is 152 cm³/mol. The summed E-state index contributed by atoms with van der Waals surface area (Å²) in [5.74, 6) is -0.721. The van der Waals surface area contributed by atoms with Crippen molar-refractivity contribution in [2.75, 3.05) is 6.54 Å². The standard InChI is InChI=1S/C27H42BN7O6/c1-16(2)11-23(28-40-22-14-18-13-21(26(18,3)4)27(22,5)41-28)33-24(37)17(7-6-8-32-25(29)34-35(38)39)12-20(36)19-15-30-9-10-31-19/h9-10,15-18,21-23H,6-8,11-14H2,1-5H3,(H,33,37)(H3,29,32,34)/t17-,18-,21-,22-,23+,27+/m1/s1. The molecule has 1 saturated heterocycles. The fourth-order valence-electron chi connectivity index (χ4n) is 6.88. The molecule has 5 rings (SSSR count). The fourth-order valence-corrected chi connectivity index (χ4v) is 6.88. The highest BCUT2D eigenvalue weighted by molar-refractivity contribution is 6.47. The molecule has 4 N–H and O–H groups in total. The molecule has 224 valence electrons. The van der Waals surface area contributed by atoms with Crippen LogP contribution in [0.15, 0.2) is 23.6 Å². The van der Waals surface area contributed by atoms with Gasteiger partial charge in [0.1, 0.15) is 5.69 Å². The van der Waals surface area contributed by atoms with E-state index in [0.717, 1.165) is 12.8 Å². The van der Waals surface area contributed by atoms with Gasteiger partial charge < -0.3 is 20.4 Å². The van der Waals surface area contributed by atoms with E-state index in [4.69, 9.17) is 15.0 Å². The Morgan fingerprint density at radius 1 is 1.29 bits per heavy atom. The SMILES string of the molecule is CC(C)C[C@H](NC(=O)[C@H](CCCN=C(N)N[N+](=O)[O-])CC(=O)c1cnccn1)B1O[C@@H]2C[C@H]3C[C@H](C3(C)C)[C@]2(C)O1. The molecule has 0 radical (unpaired) electrons. The van der Waals surface area contributed by atoms with E-state index in [1.165, 1.54) is 18.6 Å². The molecule has 2 heterocycles. The molecule has 0 aromatic carbocycles. The molecule has 13 nitrogen and oxygen atoms in total. The minimum atomic E-state index is -0.794. The first-order valence-corrected chi connectivity index (χ1v) is 14.4. The summed E-state index contributed by atoms with van der Waals surface area (Å²) in [6.07, 6.45) is 7.62.